The van der Waals surface area contributed by atoms with Gasteiger partial charge in [-0.05, 0) is 31.0 Å². The molecular formula is C22H25FN4S. The molecule has 0 saturated carbocycles. The Morgan fingerprint density at radius 3 is 2.68 bits per heavy atom. The van der Waals surface area contributed by atoms with Gasteiger partial charge in [0.25, 0.3) is 0 Å². The van der Waals surface area contributed by atoms with Crippen molar-refractivity contribution >= 4 is 11.8 Å². The summed E-state index contributed by atoms with van der Waals surface area (Å²) in [5.74, 6) is 2.14. The Bertz CT molecular complexity index is 912. The molecule has 0 bridgehead atoms. The Morgan fingerprint density at radius 2 is 1.86 bits per heavy atom. The van der Waals surface area contributed by atoms with Gasteiger partial charge in [0.15, 0.2) is 5.16 Å². The molecule has 3 aromatic rings. The molecule has 0 amide bonds. The molecule has 0 aliphatic carbocycles. The van der Waals surface area contributed by atoms with Crippen LogP contribution in [0.4, 0.5) is 4.39 Å². The first-order chi connectivity index (χ1) is 13.7. The summed E-state index contributed by atoms with van der Waals surface area (Å²) in [7, 11) is 2.05. The molecule has 1 saturated heterocycles. The summed E-state index contributed by atoms with van der Waals surface area (Å²) in [6.07, 6.45) is 2.20. The largest absolute Gasteiger partial charge is 0.309 e. The van der Waals surface area contributed by atoms with E-state index in [0.29, 0.717) is 12.5 Å². The van der Waals surface area contributed by atoms with E-state index >= 15 is 0 Å². The summed E-state index contributed by atoms with van der Waals surface area (Å²) in [5, 5.41) is 9.88. The Hall–Kier alpha value is -2.18. The number of halogens is 1. The van der Waals surface area contributed by atoms with Crippen LogP contribution in [0, 0.1) is 5.82 Å². The standard InChI is InChI=1S/C22H25FN4S/c1-26-21(24-25-22(26)28-16-17-8-3-2-4-9-17)19-11-7-13-27(15-19)14-18-10-5-6-12-20(18)23/h2-6,8-10,12,19H,7,11,13-16H2,1H3/t19-/m0/s1. The highest BCUT2D eigenvalue weighted by molar-refractivity contribution is 7.98. The second-order valence-electron chi connectivity index (χ2n) is 7.34. The molecule has 1 fully saturated rings. The summed E-state index contributed by atoms with van der Waals surface area (Å²) in [6, 6.07) is 17.5. The third-order valence-corrected chi connectivity index (χ3v) is 6.39. The lowest BCUT2D eigenvalue weighted by Crippen LogP contribution is -2.35. The van der Waals surface area contributed by atoms with E-state index in [2.05, 4.69) is 51.0 Å². The van der Waals surface area contributed by atoms with Gasteiger partial charge in [-0.3, -0.25) is 4.90 Å². The van der Waals surface area contributed by atoms with Gasteiger partial charge in [0.05, 0.1) is 0 Å². The molecule has 1 aliphatic heterocycles. The number of aromatic nitrogens is 3. The van der Waals surface area contributed by atoms with Gasteiger partial charge in [-0.25, -0.2) is 4.39 Å². The van der Waals surface area contributed by atoms with Crippen LogP contribution >= 0.6 is 11.8 Å². The van der Waals surface area contributed by atoms with Crippen LogP contribution in [0.15, 0.2) is 59.8 Å². The number of hydrogen-bond donors (Lipinski definition) is 0. The normalized spacial score (nSPS) is 17.7. The summed E-state index contributed by atoms with van der Waals surface area (Å²) in [6.45, 7) is 2.54. The van der Waals surface area contributed by atoms with Crippen LogP contribution in [0.25, 0.3) is 0 Å². The lowest BCUT2D eigenvalue weighted by Gasteiger charge is -2.32. The minimum absolute atomic E-state index is 0.122. The molecule has 1 aliphatic rings. The molecular weight excluding hydrogens is 371 g/mol. The second-order valence-corrected chi connectivity index (χ2v) is 8.28. The molecule has 2 heterocycles. The fourth-order valence-electron chi connectivity index (χ4n) is 3.81. The molecule has 0 radical (unpaired) electrons. The number of hydrogen-bond acceptors (Lipinski definition) is 4. The van der Waals surface area contributed by atoms with Crippen molar-refractivity contribution in [1.82, 2.24) is 19.7 Å². The monoisotopic (exact) mass is 396 g/mol. The molecule has 0 spiro atoms. The maximum Gasteiger partial charge on any atom is 0.191 e. The summed E-state index contributed by atoms with van der Waals surface area (Å²) < 4.78 is 16.1. The Labute approximate surface area is 169 Å². The predicted octanol–water partition coefficient (Wildman–Crippen LogP) is 4.63. The van der Waals surface area contributed by atoms with Crippen LogP contribution in [0.2, 0.25) is 0 Å². The van der Waals surface area contributed by atoms with Crippen molar-refractivity contribution in [3.8, 4) is 0 Å². The average molecular weight is 397 g/mol. The van der Waals surface area contributed by atoms with Gasteiger partial charge in [0.1, 0.15) is 11.6 Å². The minimum atomic E-state index is -0.122. The maximum atomic E-state index is 14.0. The first-order valence-corrected chi connectivity index (χ1v) is 10.7. The van der Waals surface area contributed by atoms with E-state index in [0.717, 1.165) is 48.2 Å². The van der Waals surface area contributed by atoms with E-state index in [-0.39, 0.29) is 5.82 Å². The molecule has 2 aromatic carbocycles. The molecule has 1 atom stereocenters. The van der Waals surface area contributed by atoms with Crippen molar-refractivity contribution in [3.63, 3.8) is 0 Å². The second kappa shape index (κ2) is 8.88. The number of likely N-dealkylation sites (tertiary alicyclic amines) is 1. The Balaban J connectivity index is 1.41. The van der Waals surface area contributed by atoms with Crippen molar-refractivity contribution in [2.75, 3.05) is 13.1 Å². The van der Waals surface area contributed by atoms with Crippen LogP contribution in [0.1, 0.15) is 35.7 Å². The number of benzene rings is 2. The van der Waals surface area contributed by atoms with E-state index in [1.54, 1.807) is 17.8 Å². The summed E-state index contributed by atoms with van der Waals surface area (Å²) in [4.78, 5) is 2.33. The lowest BCUT2D eigenvalue weighted by atomic mass is 9.96. The number of nitrogens with zero attached hydrogens (tertiary/aromatic N) is 4. The lowest BCUT2D eigenvalue weighted by molar-refractivity contribution is 0.192. The average Bonchev–Trinajstić information content (AvgIpc) is 3.10. The third-order valence-electron chi connectivity index (χ3n) is 5.30. The van der Waals surface area contributed by atoms with Crippen molar-refractivity contribution < 1.29 is 4.39 Å². The highest BCUT2D eigenvalue weighted by atomic mass is 32.2. The highest BCUT2D eigenvalue weighted by Gasteiger charge is 2.26. The Morgan fingerprint density at radius 1 is 1.07 bits per heavy atom. The maximum absolute atomic E-state index is 14.0. The number of rotatable bonds is 6. The number of piperidine rings is 1. The van der Waals surface area contributed by atoms with Crippen molar-refractivity contribution in [2.24, 2.45) is 7.05 Å². The van der Waals surface area contributed by atoms with E-state index in [9.17, 15) is 4.39 Å². The summed E-state index contributed by atoms with van der Waals surface area (Å²) in [5.41, 5.74) is 2.05. The molecule has 4 nitrogen and oxygen atoms in total. The third kappa shape index (κ3) is 4.45. The van der Waals surface area contributed by atoms with E-state index in [1.807, 2.05) is 18.2 Å². The van der Waals surface area contributed by atoms with Crippen LogP contribution in [-0.4, -0.2) is 32.8 Å². The fraction of sp³-hybridized carbons (Fsp3) is 0.364. The molecule has 4 rings (SSSR count). The van der Waals surface area contributed by atoms with E-state index in [1.165, 1.54) is 11.6 Å². The molecule has 1 aromatic heterocycles. The molecule has 28 heavy (non-hydrogen) atoms. The molecule has 6 heteroatoms. The van der Waals surface area contributed by atoms with Crippen molar-refractivity contribution in [2.45, 2.75) is 36.2 Å². The van der Waals surface area contributed by atoms with Gasteiger partial charge in [0.2, 0.25) is 0 Å². The summed E-state index contributed by atoms with van der Waals surface area (Å²) >= 11 is 1.72. The highest BCUT2D eigenvalue weighted by Crippen LogP contribution is 2.29. The van der Waals surface area contributed by atoms with Gasteiger partial charge in [-0.1, -0.05) is 60.3 Å². The van der Waals surface area contributed by atoms with Crippen molar-refractivity contribution in [1.29, 1.82) is 0 Å². The van der Waals surface area contributed by atoms with Gasteiger partial charge >= 0.3 is 0 Å². The SMILES string of the molecule is Cn1c(SCc2ccccc2)nnc1[C@H]1CCCN(Cc2ccccc2F)C1. The first kappa shape index (κ1) is 19.2. The zero-order valence-electron chi connectivity index (χ0n) is 16.1. The van der Waals surface area contributed by atoms with Crippen LogP contribution in [0.5, 0.6) is 0 Å². The van der Waals surface area contributed by atoms with Crippen LogP contribution in [0.3, 0.4) is 0 Å². The van der Waals surface area contributed by atoms with Gasteiger partial charge in [0, 0.05) is 37.4 Å². The van der Waals surface area contributed by atoms with Crippen LogP contribution in [-0.2, 0) is 19.3 Å². The first-order valence-electron chi connectivity index (χ1n) is 9.72. The Kier molecular flexibility index (Phi) is 6.07. The molecule has 0 unspecified atom stereocenters. The molecule has 146 valence electrons. The smallest absolute Gasteiger partial charge is 0.191 e. The van der Waals surface area contributed by atoms with Gasteiger partial charge in [-0.15, -0.1) is 10.2 Å². The van der Waals surface area contributed by atoms with Crippen LogP contribution < -0.4 is 0 Å². The minimum Gasteiger partial charge on any atom is -0.309 e. The zero-order chi connectivity index (χ0) is 19.3. The van der Waals surface area contributed by atoms with Gasteiger partial charge < -0.3 is 4.57 Å². The van der Waals surface area contributed by atoms with Crippen molar-refractivity contribution in [3.05, 3.63) is 77.4 Å². The topological polar surface area (TPSA) is 34.0 Å². The van der Waals surface area contributed by atoms with E-state index < -0.39 is 0 Å². The quantitative estimate of drug-likeness (QED) is 0.569. The predicted molar refractivity (Wildman–Crippen MR) is 111 cm³/mol. The number of thioether (sulfide) groups is 1. The zero-order valence-corrected chi connectivity index (χ0v) is 16.9. The fourth-order valence-corrected chi connectivity index (χ4v) is 4.68. The van der Waals surface area contributed by atoms with Gasteiger partial charge in [-0.2, -0.15) is 0 Å². The van der Waals surface area contributed by atoms with E-state index in [4.69, 9.17) is 0 Å². The molecule has 0 N–H and O–H groups in total.